The number of hydrogen-bond donors (Lipinski definition) is 4. The molecule has 0 spiro atoms. The van der Waals surface area contributed by atoms with Crippen molar-refractivity contribution in [3.63, 3.8) is 0 Å². The molecule has 0 saturated heterocycles. The van der Waals surface area contributed by atoms with Gasteiger partial charge in [-0.25, -0.2) is 17.9 Å². The van der Waals surface area contributed by atoms with Crippen molar-refractivity contribution in [2.24, 2.45) is 0 Å². The fourth-order valence-corrected chi connectivity index (χ4v) is 2.98. The van der Waals surface area contributed by atoms with Crippen LogP contribution < -0.4 is 10.0 Å². The lowest BCUT2D eigenvalue weighted by Gasteiger charge is -2.14. The Kier molecular flexibility index (Phi) is 6.13. The molecule has 0 saturated carbocycles. The first-order valence-corrected chi connectivity index (χ1v) is 8.04. The Hall–Kier alpha value is -1.64. The van der Waals surface area contributed by atoms with Gasteiger partial charge in [0.15, 0.2) is 0 Å². The molecule has 118 valence electrons. The van der Waals surface area contributed by atoms with Gasteiger partial charge in [-0.2, -0.15) is 0 Å². The molecule has 0 fully saturated rings. The second-order valence-electron chi connectivity index (χ2n) is 4.59. The third-order valence-corrected chi connectivity index (χ3v) is 4.51. The number of rotatable bonds is 8. The monoisotopic (exact) mass is 316 g/mol. The van der Waals surface area contributed by atoms with Gasteiger partial charge in [0, 0.05) is 18.3 Å². The average molecular weight is 316 g/mol. The first kappa shape index (κ1) is 17.4. The van der Waals surface area contributed by atoms with Crippen molar-refractivity contribution in [1.82, 2.24) is 4.72 Å². The summed E-state index contributed by atoms with van der Waals surface area (Å²) in [5.41, 5.74) is 0.106. The van der Waals surface area contributed by atoms with Crippen molar-refractivity contribution in [2.45, 2.75) is 31.2 Å². The predicted octanol–water partition coefficient (Wildman–Crippen LogP) is 0.866. The van der Waals surface area contributed by atoms with E-state index in [1.807, 2.05) is 6.92 Å². The van der Waals surface area contributed by atoms with E-state index < -0.39 is 16.0 Å². The van der Waals surface area contributed by atoms with Crippen LogP contribution >= 0.6 is 0 Å². The van der Waals surface area contributed by atoms with E-state index in [0.29, 0.717) is 6.42 Å². The smallest absolute Gasteiger partial charge is 0.337 e. The van der Waals surface area contributed by atoms with Crippen LogP contribution in [0.3, 0.4) is 0 Å². The lowest BCUT2D eigenvalue weighted by Crippen LogP contribution is -2.32. The van der Waals surface area contributed by atoms with Crippen LogP contribution in [0.5, 0.6) is 0 Å². The van der Waals surface area contributed by atoms with Crippen LogP contribution in [-0.4, -0.2) is 43.8 Å². The van der Waals surface area contributed by atoms with Crippen molar-refractivity contribution >= 4 is 21.7 Å². The van der Waals surface area contributed by atoms with Crippen molar-refractivity contribution in [1.29, 1.82) is 0 Å². The minimum absolute atomic E-state index is 0.102. The largest absolute Gasteiger partial charge is 0.478 e. The SMILES string of the molecule is CC[C@@H](C)NS(=O)(=O)c1ccc(NCCO)c(C(=O)O)c1. The number of anilines is 1. The molecule has 0 radical (unpaired) electrons. The number of nitrogens with one attached hydrogen (secondary N) is 2. The number of carbonyl (C=O) groups is 1. The Labute approximate surface area is 124 Å². The molecule has 0 heterocycles. The summed E-state index contributed by atoms with van der Waals surface area (Å²) in [5, 5.41) is 20.6. The van der Waals surface area contributed by atoms with E-state index in [1.165, 1.54) is 12.1 Å². The van der Waals surface area contributed by atoms with Gasteiger partial charge in [-0.1, -0.05) is 6.92 Å². The van der Waals surface area contributed by atoms with E-state index in [9.17, 15) is 13.2 Å². The first-order chi connectivity index (χ1) is 9.81. The second kappa shape index (κ2) is 7.39. The fraction of sp³-hybridized carbons (Fsp3) is 0.462. The van der Waals surface area contributed by atoms with Crippen LogP contribution in [0.4, 0.5) is 5.69 Å². The van der Waals surface area contributed by atoms with Gasteiger partial charge in [0.05, 0.1) is 17.1 Å². The quantitative estimate of drug-likeness (QED) is 0.565. The molecule has 1 aromatic carbocycles. The third-order valence-electron chi connectivity index (χ3n) is 2.93. The summed E-state index contributed by atoms with van der Waals surface area (Å²) < 4.78 is 26.7. The molecule has 0 bridgehead atoms. The van der Waals surface area contributed by atoms with Crippen LogP contribution in [-0.2, 0) is 10.0 Å². The van der Waals surface area contributed by atoms with E-state index >= 15 is 0 Å². The van der Waals surface area contributed by atoms with Gasteiger partial charge < -0.3 is 15.5 Å². The molecule has 0 aliphatic heterocycles. The number of aliphatic hydroxyl groups is 1. The van der Waals surface area contributed by atoms with Crippen molar-refractivity contribution in [3.8, 4) is 0 Å². The highest BCUT2D eigenvalue weighted by molar-refractivity contribution is 7.89. The maximum atomic E-state index is 12.1. The average Bonchev–Trinajstić information content (AvgIpc) is 2.44. The zero-order valence-corrected chi connectivity index (χ0v) is 12.8. The number of aliphatic hydroxyl groups excluding tert-OH is 1. The molecular formula is C13H20N2O5S. The van der Waals surface area contributed by atoms with E-state index in [2.05, 4.69) is 10.0 Å². The molecule has 0 aromatic heterocycles. The van der Waals surface area contributed by atoms with Crippen LogP contribution in [0.15, 0.2) is 23.1 Å². The number of aromatic carboxylic acids is 1. The number of hydrogen-bond acceptors (Lipinski definition) is 5. The number of benzene rings is 1. The number of carboxylic acid groups (broad SMARTS) is 1. The molecule has 0 unspecified atom stereocenters. The molecule has 0 aliphatic carbocycles. The highest BCUT2D eigenvalue weighted by Gasteiger charge is 2.20. The van der Waals surface area contributed by atoms with Crippen LogP contribution in [0.2, 0.25) is 0 Å². The minimum atomic E-state index is -3.76. The number of sulfonamides is 1. The van der Waals surface area contributed by atoms with Gasteiger partial charge in [-0.15, -0.1) is 0 Å². The fourth-order valence-electron chi connectivity index (χ4n) is 1.63. The summed E-state index contributed by atoms with van der Waals surface area (Å²) in [4.78, 5) is 11.1. The summed E-state index contributed by atoms with van der Waals surface area (Å²) in [6.07, 6.45) is 0.626. The predicted molar refractivity (Wildman–Crippen MR) is 79.1 cm³/mol. The van der Waals surface area contributed by atoms with Crippen molar-refractivity contribution < 1.29 is 23.4 Å². The summed E-state index contributed by atoms with van der Waals surface area (Å²) in [6.45, 7) is 3.59. The van der Waals surface area contributed by atoms with Crippen molar-refractivity contribution in [3.05, 3.63) is 23.8 Å². The van der Waals surface area contributed by atoms with Gasteiger partial charge in [0.1, 0.15) is 0 Å². The molecule has 7 nitrogen and oxygen atoms in total. The Morgan fingerprint density at radius 3 is 2.57 bits per heavy atom. The maximum Gasteiger partial charge on any atom is 0.337 e. The number of carboxylic acids is 1. The normalized spacial score (nSPS) is 12.9. The summed E-state index contributed by atoms with van der Waals surface area (Å²) in [6, 6.07) is 3.57. The molecule has 0 aliphatic rings. The second-order valence-corrected chi connectivity index (χ2v) is 6.31. The van der Waals surface area contributed by atoms with Crippen LogP contribution in [0, 0.1) is 0 Å². The zero-order valence-electron chi connectivity index (χ0n) is 12.0. The van der Waals surface area contributed by atoms with Crippen molar-refractivity contribution in [2.75, 3.05) is 18.5 Å². The standard InChI is InChI=1S/C13H20N2O5S/c1-3-9(2)15-21(19,20)10-4-5-12(14-6-7-16)11(8-10)13(17)18/h4-5,8-9,14-16H,3,6-7H2,1-2H3,(H,17,18)/t9-/m1/s1. The van der Waals surface area contributed by atoms with Gasteiger partial charge >= 0.3 is 5.97 Å². The molecule has 1 rings (SSSR count). The van der Waals surface area contributed by atoms with Gasteiger partial charge in [-0.05, 0) is 31.5 Å². The summed E-state index contributed by atoms with van der Waals surface area (Å²) >= 11 is 0. The lowest BCUT2D eigenvalue weighted by atomic mass is 10.2. The molecule has 1 aromatic rings. The van der Waals surface area contributed by atoms with Gasteiger partial charge in [-0.3, -0.25) is 0 Å². The van der Waals surface area contributed by atoms with Crippen LogP contribution in [0.25, 0.3) is 0 Å². The van der Waals surface area contributed by atoms with E-state index in [4.69, 9.17) is 10.2 Å². The molecule has 4 N–H and O–H groups in total. The van der Waals surface area contributed by atoms with Gasteiger partial charge in [0.2, 0.25) is 10.0 Å². The zero-order chi connectivity index (χ0) is 16.0. The van der Waals surface area contributed by atoms with E-state index in [-0.39, 0.29) is 35.3 Å². The molecule has 8 heteroatoms. The Morgan fingerprint density at radius 1 is 1.38 bits per heavy atom. The highest BCUT2D eigenvalue weighted by Crippen LogP contribution is 2.21. The molecule has 1 atom stereocenters. The minimum Gasteiger partial charge on any atom is -0.478 e. The lowest BCUT2D eigenvalue weighted by molar-refractivity contribution is 0.0697. The summed E-state index contributed by atoms with van der Waals surface area (Å²) in [5.74, 6) is -1.24. The first-order valence-electron chi connectivity index (χ1n) is 6.56. The van der Waals surface area contributed by atoms with E-state index in [1.54, 1.807) is 6.92 Å². The summed E-state index contributed by atoms with van der Waals surface area (Å²) in [7, 11) is -3.76. The highest BCUT2D eigenvalue weighted by atomic mass is 32.2. The Balaban J connectivity index is 3.16. The Bertz CT molecular complexity index is 601. The Morgan fingerprint density at radius 2 is 2.05 bits per heavy atom. The van der Waals surface area contributed by atoms with Gasteiger partial charge in [0.25, 0.3) is 0 Å². The third kappa shape index (κ3) is 4.69. The molecule has 21 heavy (non-hydrogen) atoms. The van der Waals surface area contributed by atoms with Crippen LogP contribution in [0.1, 0.15) is 30.6 Å². The molecule has 0 amide bonds. The molecular weight excluding hydrogens is 296 g/mol. The topological polar surface area (TPSA) is 116 Å². The maximum absolute atomic E-state index is 12.1. The van der Waals surface area contributed by atoms with E-state index in [0.717, 1.165) is 6.07 Å².